The van der Waals surface area contributed by atoms with Crippen molar-refractivity contribution in [1.29, 1.82) is 0 Å². The molecule has 0 amide bonds. The van der Waals surface area contributed by atoms with Crippen molar-refractivity contribution in [2.24, 2.45) is 0 Å². The van der Waals surface area contributed by atoms with Gasteiger partial charge in [0.15, 0.2) is 0 Å². The van der Waals surface area contributed by atoms with Gasteiger partial charge in [-0.05, 0) is 104 Å². The highest BCUT2D eigenvalue weighted by molar-refractivity contribution is 7.85. The molecule has 3 aromatic rings. The zero-order valence-corrected chi connectivity index (χ0v) is 30.1. The predicted molar refractivity (Wildman–Crippen MR) is 193 cm³/mol. The number of hydrogen-bond donors (Lipinski definition) is 1. The van der Waals surface area contributed by atoms with Crippen LogP contribution < -0.4 is 9.80 Å². The third-order valence-electron chi connectivity index (χ3n) is 8.94. The minimum atomic E-state index is -4.34. The van der Waals surface area contributed by atoms with Crippen molar-refractivity contribution in [1.82, 2.24) is 0 Å². The molecule has 0 aliphatic heterocycles. The molecule has 0 bridgehead atoms. The number of benzene rings is 3. The Morgan fingerprint density at radius 1 is 0.578 bits per heavy atom. The molecule has 3 rings (SSSR count). The zero-order chi connectivity index (χ0) is 33.1. The summed E-state index contributed by atoms with van der Waals surface area (Å²) in [6, 6.07) is 16.0. The van der Waals surface area contributed by atoms with Gasteiger partial charge in [-0.3, -0.25) is 4.55 Å². The molecule has 0 saturated heterocycles. The minimum absolute atomic E-state index is 0.0734. The van der Waals surface area contributed by atoms with E-state index in [1.54, 1.807) is 12.1 Å². The van der Waals surface area contributed by atoms with Crippen LogP contribution in [0.2, 0.25) is 0 Å². The fraction of sp³-hybridized carbons (Fsp3) is 0.538. The van der Waals surface area contributed by atoms with E-state index in [1.165, 1.54) is 39.7 Å². The number of hydrogen-bond acceptors (Lipinski definition) is 4. The van der Waals surface area contributed by atoms with Gasteiger partial charge < -0.3 is 9.80 Å². The summed E-state index contributed by atoms with van der Waals surface area (Å²) in [5.41, 5.74) is 10.7. The molecule has 0 aromatic heterocycles. The smallest absolute Gasteiger partial charge is 0.294 e. The average Bonchev–Trinajstić information content (AvgIpc) is 2.98. The second-order valence-corrected chi connectivity index (χ2v) is 14.3. The Morgan fingerprint density at radius 2 is 0.933 bits per heavy atom. The summed E-state index contributed by atoms with van der Waals surface area (Å²) < 4.78 is 34.4. The van der Waals surface area contributed by atoms with E-state index in [0.29, 0.717) is 0 Å². The molecule has 1 N–H and O–H groups in total. The second kappa shape index (κ2) is 17.2. The van der Waals surface area contributed by atoms with E-state index in [4.69, 9.17) is 0 Å². The van der Waals surface area contributed by atoms with Gasteiger partial charge in [0.1, 0.15) is 0 Å². The number of nitrogens with zero attached hydrogens (tertiary/aromatic N) is 2. The Morgan fingerprint density at radius 3 is 1.24 bits per heavy atom. The molecule has 0 spiro atoms. The van der Waals surface area contributed by atoms with Crippen molar-refractivity contribution in [2.45, 2.75) is 118 Å². The van der Waals surface area contributed by atoms with Crippen LogP contribution in [-0.4, -0.2) is 39.1 Å². The summed E-state index contributed by atoms with van der Waals surface area (Å²) in [4.78, 5) is 5.04. The van der Waals surface area contributed by atoms with E-state index in [2.05, 4.69) is 89.5 Å². The molecule has 45 heavy (non-hydrogen) atoms. The molecule has 0 unspecified atom stereocenters. The highest BCUT2D eigenvalue weighted by atomic mass is 32.2. The third-order valence-corrected chi connectivity index (χ3v) is 9.79. The van der Waals surface area contributed by atoms with E-state index in [9.17, 15) is 13.0 Å². The average molecular weight is 635 g/mol. The quantitative estimate of drug-likeness (QED) is 0.111. The summed E-state index contributed by atoms with van der Waals surface area (Å²) in [7, 11) is -4.34. The molecule has 0 fully saturated rings. The molecule has 3 aromatic carbocycles. The lowest BCUT2D eigenvalue weighted by Gasteiger charge is -2.31. The first kappa shape index (κ1) is 36.6. The van der Waals surface area contributed by atoms with Gasteiger partial charge in [0, 0.05) is 43.5 Å². The second-order valence-electron chi connectivity index (χ2n) is 12.9. The lowest BCUT2D eigenvalue weighted by Crippen LogP contribution is -2.27. The summed E-state index contributed by atoms with van der Waals surface area (Å²) in [6.07, 6.45) is 9.29. The molecule has 0 atom stereocenters. The van der Waals surface area contributed by atoms with E-state index >= 15 is 0 Å². The number of aryl methyl sites for hydroxylation is 4. The van der Waals surface area contributed by atoms with E-state index < -0.39 is 10.1 Å². The van der Waals surface area contributed by atoms with E-state index in [0.717, 1.165) is 94.2 Å². The molecule has 0 saturated carbocycles. The normalized spacial score (nSPS) is 11.8. The maximum Gasteiger partial charge on any atom is 0.294 e. The van der Waals surface area contributed by atoms with Crippen LogP contribution in [0.3, 0.4) is 0 Å². The maximum absolute atomic E-state index is 12.2. The van der Waals surface area contributed by atoms with Crippen molar-refractivity contribution in [3.63, 3.8) is 0 Å². The molecule has 0 aliphatic rings. The highest BCUT2D eigenvalue weighted by Crippen LogP contribution is 2.40. The molecule has 5 nitrogen and oxygen atoms in total. The Balaban J connectivity index is 2.23. The van der Waals surface area contributed by atoms with Crippen LogP contribution in [-0.2, 0) is 10.1 Å². The number of unbranched alkanes of at least 4 members (excludes halogenated alkanes) is 4. The molecular weight excluding hydrogens is 577 g/mol. The summed E-state index contributed by atoms with van der Waals surface area (Å²) in [5.74, 6) is -0.191. The van der Waals surface area contributed by atoms with Gasteiger partial charge >= 0.3 is 0 Å². The van der Waals surface area contributed by atoms with Crippen molar-refractivity contribution in [3.05, 3.63) is 87.5 Å². The first-order valence-electron chi connectivity index (χ1n) is 17.3. The maximum atomic E-state index is 12.2. The fourth-order valence-corrected chi connectivity index (χ4v) is 7.34. The van der Waals surface area contributed by atoms with Crippen LogP contribution in [0.1, 0.15) is 124 Å². The van der Waals surface area contributed by atoms with Gasteiger partial charge in [-0.25, -0.2) is 0 Å². The largest absolute Gasteiger partial charge is 0.371 e. The minimum Gasteiger partial charge on any atom is -0.371 e. The van der Waals surface area contributed by atoms with Crippen molar-refractivity contribution >= 4 is 21.5 Å². The van der Waals surface area contributed by atoms with Crippen LogP contribution >= 0.6 is 0 Å². The lowest BCUT2D eigenvalue weighted by atomic mass is 9.82. The van der Waals surface area contributed by atoms with Gasteiger partial charge in [0.25, 0.3) is 10.1 Å². The summed E-state index contributed by atoms with van der Waals surface area (Å²) >= 11 is 0. The van der Waals surface area contributed by atoms with Gasteiger partial charge in [-0.15, -0.1) is 0 Å². The van der Waals surface area contributed by atoms with Crippen LogP contribution in [0.5, 0.6) is 0 Å². The van der Waals surface area contributed by atoms with Crippen molar-refractivity contribution < 1.29 is 13.0 Å². The van der Waals surface area contributed by atoms with Crippen LogP contribution in [0.15, 0.2) is 53.4 Å². The Hall–Kier alpha value is -2.83. The SMILES string of the molecule is CCCCN(CCCC)c1c(C)cc(C(c2cccc(S(=O)(=O)O)c2)c2cc(C)c(N(CCCC)CCCC)c(C)c2)cc1C. The molecule has 0 aliphatic carbocycles. The van der Waals surface area contributed by atoms with Gasteiger partial charge in [-0.1, -0.05) is 89.8 Å². The molecule has 0 radical (unpaired) electrons. The van der Waals surface area contributed by atoms with Crippen LogP contribution in [0, 0.1) is 27.7 Å². The van der Waals surface area contributed by atoms with Crippen LogP contribution in [0.25, 0.3) is 0 Å². The van der Waals surface area contributed by atoms with Gasteiger partial charge in [-0.2, -0.15) is 8.42 Å². The molecular formula is C39H58N2O3S. The number of rotatable bonds is 18. The monoisotopic (exact) mass is 634 g/mol. The Kier molecular flexibility index (Phi) is 14.0. The third kappa shape index (κ3) is 9.59. The molecule has 6 heteroatoms. The lowest BCUT2D eigenvalue weighted by molar-refractivity contribution is 0.483. The Bertz CT molecular complexity index is 1360. The van der Waals surface area contributed by atoms with Gasteiger partial charge in [0.05, 0.1) is 4.90 Å². The summed E-state index contributed by atoms with van der Waals surface area (Å²) in [5, 5.41) is 0. The first-order valence-corrected chi connectivity index (χ1v) is 18.7. The number of anilines is 2. The molecule has 248 valence electrons. The summed E-state index contributed by atoms with van der Waals surface area (Å²) in [6.45, 7) is 22.0. The van der Waals surface area contributed by atoms with Crippen molar-refractivity contribution in [3.8, 4) is 0 Å². The molecule has 0 heterocycles. The fourth-order valence-electron chi connectivity index (χ4n) is 6.81. The highest BCUT2D eigenvalue weighted by Gasteiger charge is 2.24. The van der Waals surface area contributed by atoms with E-state index in [1.807, 2.05) is 6.07 Å². The standard InChI is InChI=1S/C39H58N2O3S/c1-9-13-20-40(21-14-10-2)38-29(5)24-34(25-30(38)6)37(33-18-17-19-36(28-33)45(42,43)44)35-26-31(7)39(32(8)27-35)41(22-15-11-3)23-16-12-4/h17-19,24-28,37H,9-16,20-23H2,1-8H3,(H,42,43,44). The van der Waals surface area contributed by atoms with Crippen LogP contribution in [0.4, 0.5) is 11.4 Å². The zero-order valence-electron chi connectivity index (χ0n) is 29.2. The first-order chi connectivity index (χ1) is 21.5. The Labute approximate surface area is 274 Å². The van der Waals surface area contributed by atoms with Gasteiger partial charge in [0.2, 0.25) is 0 Å². The van der Waals surface area contributed by atoms with Crippen molar-refractivity contribution in [2.75, 3.05) is 36.0 Å². The van der Waals surface area contributed by atoms with E-state index in [-0.39, 0.29) is 10.8 Å². The topological polar surface area (TPSA) is 60.9 Å². The predicted octanol–water partition coefficient (Wildman–Crippen LogP) is 10.2.